The molecule has 1 amide bonds. The second kappa shape index (κ2) is 5.25. The van der Waals surface area contributed by atoms with Crippen LogP contribution in [0, 0.1) is 0 Å². The zero-order valence-electron chi connectivity index (χ0n) is 9.63. The first-order valence-electron chi connectivity index (χ1n) is 5.46. The Morgan fingerprint density at radius 3 is 2.82 bits per heavy atom. The SMILES string of the molecule is CNC(=O)c1cn(CCc2ccccc2)nn1. The maximum absolute atomic E-state index is 11.3. The van der Waals surface area contributed by atoms with E-state index in [0.717, 1.165) is 6.42 Å². The van der Waals surface area contributed by atoms with Gasteiger partial charge in [0.1, 0.15) is 0 Å². The van der Waals surface area contributed by atoms with Gasteiger partial charge in [0.05, 0.1) is 6.20 Å². The molecule has 0 saturated heterocycles. The molecule has 0 aliphatic rings. The number of amides is 1. The normalized spacial score (nSPS) is 10.2. The van der Waals surface area contributed by atoms with Gasteiger partial charge in [-0.15, -0.1) is 5.10 Å². The van der Waals surface area contributed by atoms with E-state index in [1.54, 1.807) is 17.9 Å². The first-order valence-corrected chi connectivity index (χ1v) is 5.46. The largest absolute Gasteiger partial charge is 0.354 e. The lowest BCUT2D eigenvalue weighted by atomic mass is 10.1. The molecule has 0 unspecified atom stereocenters. The van der Waals surface area contributed by atoms with Crippen molar-refractivity contribution in [2.75, 3.05) is 7.05 Å². The third-order valence-electron chi connectivity index (χ3n) is 2.47. The minimum atomic E-state index is -0.212. The predicted molar refractivity (Wildman–Crippen MR) is 63.6 cm³/mol. The molecule has 0 spiro atoms. The summed E-state index contributed by atoms with van der Waals surface area (Å²) in [5.74, 6) is -0.212. The number of carbonyl (C=O) groups excluding carboxylic acids is 1. The van der Waals surface area contributed by atoms with Crippen LogP contribution in [0.3, 0.4) is 0 Å². The Labute approximate surface area is 99.5 Å². The zero-order chi connectivity index (χ0) is 12.1. The number of nitrogens with one attached hydrogen (secondary N) is 1. The van der Waals surface area contributed by atoms with Crippen LogP contribution in [-0.2, 0) is 13.0 Å². The summed E-state index contributed by atoms with van der Waals surface area (Å²) in [5.41, 5.74) is 1.59. The van der Waals surface area contributed by atoms with E-state index < -0.39 is 0 Å². The number of hydrogen-bond donors (Lipinski definition) is 1. The molecule has 2 aromatic rings. The van der Waals surface area contributed by atoms with Gasteiger partial charge in [0.15, 0.2) is 5.69 Å². The highest BCUT2D eigenvalue weighted by atomic mass is 16.1. The Kier molecular flexibility index (Phi) is 3.49. The van der Waals surface area contributed by atoms with E-state index in [9.17, 15) is 4.79 Å². The lowest BCUT2D eigenvalue weighted by Gasteiger charge is -2.00. The molecule has 0 bridgehead atoms. The summed E-state index contributed by atoms with van der Waals surface area (Å²) in [7, 11) is 1.57. The topological polar surface area (TPSA) is 59.8 Å². The van der Waals surface area contributed by atoms with E-state index in [1.165, 1.54) is 5.56 Å². The maximum Gasteiger partial charge on any atom is 0.273 e. The highest BCUT2D eigenvalue weighted by molar-refractivity contribution is 5.91. The summed E-state index contributed by atoms with van der Waals surface area (Å²) >= 11 is 0. The lowest BCUT2D eigenvalue weighted by Crippen LogP contribution is -2.18. The molecular formula is C12H14N4O. The summed E-state index contributed by atoms with van der Waals surface area (Å²) in [6, 6.07) is 10.1. The molecule has 0 saturated carbocycles. The number of benzene rings is 1. The minimum absolute atomic E-state index is 0.212. The molecule has 0 aliphatic carbocycles. The Bertz CT molecular complexity index is 492. The van der Waals surface area contributed by atoms with Crippen LogP contribution in [0.4, 0.5) is 0 Å². The fourth-order valence-electron chi connectivity index (χ4n) is 1.53. The zero-order valence-corrected chi connectivity index (χ0v) is 9.63. The van der Waals surface area contributed by atoms with Gasteiger partial charge in [-0.25, -0.2) is 0 Å². The van der Waals surface area contributed by atoms with Gasteiger partial charge in [-0.2, -0.15) is 0 Å². The van der Waals surface area contributed by atoms with Crippen LogP contribution < -0.4 is 5.32 Å². The number of aromatic nitrogens is 3. The van der Waals surface area contributed by atoms with E-state index in [2.05, 4.69) is 27.8 Å². The number of rotatable bonds is 4. The number of aryl methyl sites for hydroxylation is 2. The molecule has 5 nitrogen and oxygen atoms in total. The van der Waals surface area contributed by atoms with Crippen molar-refractivity contribution in [3.63, 3.8) is 0 Å². The maximum atomic E-state index is 11.3. The van der Waals surface area contributed by atoms with Gasteiger partial charge in [-0.05, 0) is 12.0 Å². The van der Waals surface area contributed by atoms with Crippen LogP contribution in [0.1, 0.15) is 16.1 Å². The molecule has 88 valence electrons. The van der Waals surface area contributed by atoms with E-state index in [-0.39, 0.29) is 5.91 Å². The molecule has 17 heavy (non-hydrogen) atoms. The fourth-order valence-corrected chi connectivity index (χ4v) is 1.53. The number of hydrogen-bond acceptors (Lipinski definition) is 3. The Morgan fingerprint density at radius 2 is 2.12 bits per heavy atom. The average Bonchev–Trinajstić information content (AvgIpc) is 2.85. The van der Waals surface area contributed by atoms with Gasteiger partial charge in [0, 0.05) is 13.6 Å². The second-order valence-corrected chi connectivity index (χ2v) is 3.68. The Balaban J connectivity index is 1.96. The van der Waals surface area contributed by atoms with Gasteiger partial charge >= 0.3 is 0 Å². The Morgan fingerprint density at radius 1 is 1.35 bits per heavy atom. The van der Waals surface area contributed by atoms with E-state index in [1.807, 2.05) is 18.2 Å². The summed E-state index contributed by atoms with van der Waals surface area (Å²) in [6.07, 6.45) is 2.53. The first-order chi connectivity index (χ1) is 8.29. The van der Waals surface area contributed by atoms with Gasteiger partial charge in [0.2, 0.25) is 0 Å². The van der Waals surface area contributed by atoms with Crippen molar-refractivity contribution in [3.05, 3.63) is 47.8 Å². The quantitative estimate of drug-likeness (QED) is 0.848. The molecule has 5 heteroatoms. The van der Waals surface area contributed by atoms with Gasteiger partial charge in [0.25, 0.3) is 5.91 Å². The molecule has 0 radical (unpaired) electrons. The molecule has 2 rings (SSSR count). The highest BCUT2D eigenvalue weighted by Crippen LogP contribution is 2.01. The monoisotopic (exact) mass is 230 g/mol. The standard InChI is InChI=1S/C12H14N4O/c1-13-12(17)11-9-16(15-14-11)8-7-10-5-3-2-4-6-10/h2-6,9H,7-8H2,1H3,(H,13,17). The van der Waals surface area contributed by atoms with E-state index in [0.29, 0.717) is 12.2 Å². The third kappa shape index (κ3) is 2.90. The van der Waals surface area contributed by atoms with Crippen molar-refractivity contribution in [1.29, 1.82) is 0 Å². The van der Waals surface area contributed by atoms with Gasteiger partial charge in [-0.3, -0.25) is 9.48 Å². The lowest BCUT2D eigenvalue weighted by molar-refractivity contribution is 0.0958. The van der Waals surface area contributed by atoms with Crippen LogP contribution in [0.2, 0.25) is 0 Å². The van der Waals surface area contributed by atoms with Crippen molar-refractivity contribution in [2.45, 2.75) is 13.0 Å². The minimum Gasteiger partial charge on any atom is -0.354 e. The number of carbonyl (C=O) groups is 1. The molecule has 1 aromatic carbocycles. The van der Waals surface area contributed by atoms with Crippen molar-refractivity contribution in [3.8, 4) is 0 Å². The summed E-state index contributed by atoms with van der Waals surface area (Å²) < 4.78 is 1.68. The van der Waals surface area contributed by atoms with Gasteiger partial charge in [-0.1, -0.05) is 35.5 Å². The highest BCUT2D eigenvalue weighted by Gasteiger charge is 2.07. The summed E-state index contributed by atoms with van der Waals surface area (Å²) in [6.45, 7) is 0.716. The van der Waals surface area contributed by atoms with Crippen LogP contribution in [0.15, 0.2) is 36.5 Å². The Hall–Kier alpha value is -2.17. The van der Waals surface area contributed by atoms with Crippen LogP contribution in [-0.4, -0.2) is 27.9 Å². The predicted octanol–water partition coefficient (Wildman–Crippen LogP) is 0.880. The smallest absolute Gasteiger partial charge is 0.273 e. The molecule has 1 N–H and O–H groups in total. The molecule has 0 fully saturated rings. The molecule has 1 aromatic heterocycles. The summed E-state index contributed by atoms with van der Waals surface area (Å²) in [4.78, 5) is 11.3. The van der Waals surface area contributed by atoms with Crippen LogP contribution in [0.25, 0.3) is 0 Å². The first kappa shape index (κ1) is 11.3. The molecule has 0 aliphatic heterocycles. The third-order valence-corrected chi connectivity index (χ3v) is 2.47. The van der Waals surface area contributed by atoms with Crippen LogP contribution >= 0.6 is 0 Å². The van der Waals surface area contributed by atoms with Crippen molar-refractivity contribution < 1.29 is 4.79 Å². The van der Waals surface area contributed by atoms with Gasteiger partial charge < -0.3 is 5.32 Å². The van der Waals surface area contributed by atoms with Crippen molar-refractivity contribution in [2.24, 2.45) is 0 Å². The van der Waals surface area contributed by atoms with E-state index in [4.69, 9.17) is 0 Å². The van der Waals surface area contributed by atoms with E-state index >= 15 is 0 Å². The van der Waals surface area contributed by atoms with Crippen LogP contribution in [0.5, 0.6) is 0 Å². The van der Waals surface area contributed by atoms with Crippen molar-refractivity contribution in [1.82, 2.24) is 20.3 Å². The fraction of sp³-hybridized carbons (Fsp3) is 0.250. The average molecular weight is 230 g/mol. The molecular weight excluding hydrogens is 216 g/mol. The molecule has 1 heterocycles. The number of nitrogens with zero attached hydrogens (tertiary/aromatic N) is 3. The molecule has 0 atom stereocenters. The second-order valence-electron chi connectivity index (χ2n) is 3.68. The summed E-state index contributed by atoms with van der Waals surface area (Å²) in [5, 5.41) is 10.2. The van der Waals surface area contributed by atoms with Crippen molar-refractivity contribution >= 4 is 5.91 Å².